The van der Waals surface area contributed by atoms with Gasteiger partial charge in [-0.05, 0) is 45.5 Å². The first-order valence-electron chi connectivity index (χ1n) is 9.75. The normalized spacial score (nSPS) is 19.8. The Balaban J connectivity index is 1.86. The van der Waals surface area contributed by atoms with Crippen molar-refractivity contribution in [2.45, 2.75) is 39.1 Å². The molecule has 2 unspecified atom stereocenters. The first-order valence-corrected chi connectivity index (χ1v) is 9.75. The number of aliphatic hydroxyl groups is 1. The van der Waals surface area contributed by atoms with Crippen LogP contribution in [-0.2, 0) is 4.74 Å². The van der Waals surface area contributed by atoms with E-state index in [2.05, 4.69) is 27.6 Å². The largest absolute Gasteiger partial charge is 0.491 e. The summed E-state index contributed by atoms with van der Waals surface area (Å²) >= 11 is 0. The van der Waals surface area contributed by atoms with Crippen molar-refractivity contribution in [1.29, 1.82) is 0 Å². The molecule has 1 aromatic carbocycles. The summed E-state index contributed by atoms with van der Waals surface area (Å²) in [5.41, 5.74) is 0.822. The molecule has 0 amide bonds. The predicted octanol–water partition coefficient (Wildman–Crippen LogP) is 1.39. The van der Waals surface area contributed by atoms with Crippen molar-refractivity contribution in [1.82, 2.24) is 15.5 Å². The molecule has 0 aliphatic carbocycles. The van der Waals surface area contributed by atoms with Crippen LogP contribution in [-0.4, -0.2) is 74.6 Å². The lowest BCUT2D eigenvalue weighted by molar-refractivity contribution is -0.0161. The minimum absolute atomic E-state index is 0.132. The average molecular weight is 379 g/mol. The number of hydrogen-bond donors (Lipinski definition) is 3. The van der Waals surface area contributed by atoms with E-state index in [4.69, 9.17) is 9.47 Å². The number of aliphatic hydroxyl groups excluding tert-OH is 1. The Morgan fingerprint density at radius 3 is 2.70 bits per heavy atom. The molecule has 7 heteroatoms. The molecule has 0 saturated carbocycles. The molecule has 1 aliphatic rings. The summed E-state index contributed by atoms with van der Waals surface area (Å²) in [6.45, 7) is 10.4. The zero-order valence-corrected chi connectivity index (χ0v) is 16.9. The molecule has 152 valence electrons. The summed E-state index contributed by atoms with van der Waals surface area (Å²) in [7, 11) is 2.10. The Kier molecular flexibility index (Phi) is 8.84. The number of guanidine groups is 1. The summed E-state index contributed by atoms with van der Waals surface area (Å²) in [5.74, 6) is 1.49. The van der Waals surface area contributed by atoms with Gasteiger partial charge in [-0.2, -0.15) is 0 Å². The van der Waals surface area contributed by atoms with E-state index in [1.54, 1.807) is 0 Å². The van der Waals surface area contributed by atoms with Gasteiger partial charge in [0, 0.05) is 26.2 Å². The molecule has 1 fully saturated rings. The molecule has 0 radical (unpaired) electrons. The van der Waals surface area contributed by atoms with E-state index in [1.165, 1.54) is 0 Å². The van der Waals surface area contributed by atoms with E-state index >= 15 is 0 Å². The molecule has 3 N–H and O–H groups in total. The number of rotatable bonds is 8. The predicted molar refractivity (Wildman–Crippen MR) is 108 cm³/mol. The average Bonchev–Trinajstić information content (AvgIpc) is 2.64. The Labute approximate surface area is 162 Å². The number of benzene rings is 1. The summed E-state index contributed by atoms with van der Waals surface area (Å²) in [6, 6.07) is 7.51. The number of likely N-dealkylation sites (N-methyl/N-ethyl adjacent to an activating group) is 1. The Morgan fingerprint density at radius 1 is 1.33 bits per heavy atom. The van der Waals surface area contributed by atoms with Crippen molar-refractivity contribution in [2.24, 2.45) is 4.99 Å². The van der Waals surface area contributed by atoms with Gasteiger partial charge in [0.05, 0.1) is 31.5 Å². The van der Waals surface area contributed by atoms with Gasteiger partial charge >= 0.3 is 0 Å². The van der Waals surface area contributed by atoms with Gasteiger partial charge in [0.25, 0.3) is 0 Å². The van der Waals surface area contributed by atoms with E-state index < -0.39 is 6.10 Å². The lowest BCUT2D eigenvalue weighted by Crippen LogP contribution is -2.48. The van der Waals surface area contributed by atoms with Gasteiger partial charge < -0.3 is 30.1 Å². The van der Waals surface area contributed by atoms with Crippen LogP contribution in [0.1, 0.15) is 32.4 Å². The highest BCUT2D eigenvalue weighted by atomic mass is 16.5. The summed E-state index contributed by atoms with van der Waals surface area (Å²) < 4.78 is 11.4. The molecule has 0 spiro atoms. The summed E-state index contributed by atoms with van der Waals surface area (Å²) in [6.07, 6.45) is -0.385. The SMILES string of the molecule is CCNC(=NCC(O)c1ccc(OC(C)C)cc1)NCC1CN(C)CCO1. The maximum Gasteiger partial charge on any atom is 0.191 e. The highest BCUT2D eigenvalue weighted by Gasteiger charge is 2.17. The van der Waals surface area contributed by atoms with Crippen molar-refractivity contribution in [2.75, 3.05) is 46.4 Å². The third-order valence-corrected chi connectivity index (χ3v) is 4.24. The van der Waals surface area contributed by atoms with E-state index in [0.29, 0.717) is 12.5 Å². The smallest absolute Gasteiger partial charge is 0.191 e. The lowest BCUT2D eigenvalue weighted by atomic mass is 10.1. The second kappa shape index (κ2) is 11.1. The summed E-state index contributed by atoms with van der Waals surface area (Å²) in [5, 5.41) is 16.9. The quantitative estimate of drug-likeness (QED) is 0.469. The van der Waals surface area contributed by atoms with Crippen LogP contribution in [0.25, 0.3) is 0 Å². The highest BCUT2D eigenvalue weighted by molar-refractivity contribution is 5.79. The third kappa shape index (κ3) is 7.74. The van der Waals surface area contributed by atoms with E-state index in [-0.39, 0.29) is 18.8 Å². The minimum atomic E-state index is -0.661. The second-order valence-corrected chi connectivity index (χ2v) is 7.11. The zero-order valence-electron chi connectivity index (χ0n) is 16.9. The molecule has 27 heavy (non-hydrogen) atoms. The zero-order chi connectivity index (χ0) is 19.6. The second-order valence-electron chi connectivity index (χ2n) is 7.11. The first kappa shape index (κ1) is 21.5. The third-order valence-electron chi connectivity index (χ3n) is 4.24. The molecule has 2 rings (SSSR count). The van der Waals surface area contributed by atoms with E-state index in [1.807, 2.05) is 45.0 Å². The van der Waals surface area contributed by atoms with Gasteiger partial charge in [0.15, 0.2) is 5.96 Å². The number of morpholine rings is 1. The van der Waals surface area contributed by atoms with Crippen molar-refractivity contribution < 1.29 is 14.6 Å². The maximum atomic E-state index is 10.4. The van der Waals surface area contributed by atoms with Gasteiger partial charge in [0.1, 0.15) is 5.75 Å². The lowest BCUT2D eigenvalue weighted by Gasteiger charge is -2.30. The van der Waals surface area contributed by atoms with Crippen molar-refractivity contribution in [3.63, 3.8) is 0 Å². The number of hydrogen-bond acceptors (Lipinski definition) is 5. The molecule has 1 aromatic rings. The Hall–Kier alpha value is -1.83. The van der Waals surface area contributed by atoms with Gasteiger partial charge in [-0.3, -0.25) is 4.99 Å². The van der Waals surface area contributed by atoms with Crippen LogP contribution in [0.15, 0.2) is 29.3 Å². The number of nitrogens with one attached hydrogen (secondary N) is 2. The number of ether oxygens (including phenoxy) is 2. The highest BCUT2D eigenvalue weighted by Crippen LogP contribution is 2.19. The fourth-order valence-electron chi connectivity index (χ4n) is 2.87. The summed E-state index contributed by atoms with van der Waals surface area (Å²) in [4.78, 5) is 6.77. The van der Waals surface area contributed by atoms with Crippen LogP contribution < -0.4 is 15.4 Å². The van der Waals surface area contributed by atoms with E-state index in [9.17, 15) is 5.11 Å². The molecule has 1 saturated heterocycles. The van der Waals surface area contributed by atoms with Gasteiger partial charge in [0.2, 0.25) is 0 Å². The maximum absolute atomic E-state index is 10.4. The molecular formula is C20H34N4O3. The molecular weight excluding hydrogens is 344 g/mol. The Morgan fingerprint density at radius 2 is 2.07 bits per heavy atom. The van der Waals surface area contributed by atoms with Crippen LogP contribution in [0, 0.1) is 0 Å². The fourth-order valence-corrected chi connectivity index (χ4v) is 2.87. The Bertz CT molecular complexity index is 577. The molecule has 0 bridgehead atoms. The molecule has 7 nitrogen and oxygen atoms in total. The number of aliphatic imine (C=N–C) groups is 1. The molecule has 2 atom stereocenters. The van der Waals surface area contributed by atoms with Gasteiger partial charge in [-0.25, -0.2) is 0 Å². The van der Waals surface area contributed by atoms with Crippen LogP contribution in [0.5, 0.6) is 5.75 Å². The molecule has 0 aromatic heterocycles. The topological polar surface area (TPSA) is 78.4 Å². The van der Waals surface area contributed by atoms with Crippen molar-refractivity contribution in [3.8, 4) is 5.75 Å². The van der Waals surface area contributed by atoms with Crippen LogP contribution >= 0.6 is 0 Å². The van der Waals surface area contributed by atoms with Crippen LogP contribution in [0.2, 0.25) is 0 Å². The fraction of sp³-hybridized carbons (Fsp3) is 0.650. The molecule has 1 aliphatic heterocycles. The van der Waals surface area contributed by atoms with Crippen molar-refractivity contribution in [3.05, 3.63) is 29.8 Å². The van der Waals surface area contributed by atoms with Crippen molar-refractivity contribution >= 4 is 5.96 Å². The van der Waals surface area contributed by atoms with E-state index in [0.717, 1.165) is 37.6 Å². The monoisotopic (exact) mass is 378 g/mol. The van der Waals surface area contributed by atoms with Crippen LogP contribution in [0.3, 0.4) is 0 Å². The van der Waals surface area contributed by atoms with Gasteiger partial charge in [-0.15, -0.1) is 0 Å². The standard InChI is InChI=1S/C20H34N4O3/c1-5-21-20(22-12-18-14-24(4)10-11-26-18)23-13-19(25)16-6-8-17(9-7-16)27-15(2)3/h6-9,15,18-19,25H,5,10-14H2,1-4H3,(H2,21,22,23). The first-order chi connectivity index (χ1) is 13.0. The molecule has 1 heterocycles. The van der Waals surface area contributed by atoms with Crippen LogP contribution in [0.4, 0.5) is 0 Å². The van der Waals surface area contributed by atoms with Gasteiger partial charge in [-0.1, -0.05) is 12.1 Å². The number of nitrogens with zero attached hydrogens (tertiary/aromatic N) is 2. The minimum Gasteiger partial charge on any atom is -0.491 e.